The van der Waals surface area contributed by atoms with Gasteiger partial charge in [0, 0.05) is 18.2 Å². The minimum atomic E-state index is -1.11. The lowest BCUT2D eigenvalue weighted by atomic mass is 9.47. The first-order valence-corrected chi connectivity index (χ1v) is 8.48. The summed E-state index contributed by atoms with van der Waals surface area (Å²) < 4.78 is 11.7. The molecular weight excluding hydrogens is 306 g/mol. The van der Waals surface area contributed by atoms with Crippen LogP contribution in [0.15, 0.2) is 24.3 Å². The van der Waals surface area contributed by atoms with Gasteiger partial charge >= 0.3 is 0 Å². The molecule has 126 valence electrons. The number of likely N-dealkylation sites (tertiary alicyclic amines) is 1. The number of likely N-dealkylation sites (N-methyl/N-ethyl adjacent to an activating group) is 1. The number of hydrogen-bond donors (Lipinski definition) is 1. The molecule has 2 heterocycles. The molecule has 0 radical (unpaired) electrons. The number of methoxy groups -OCH3 is 1. The van der Waals surface area contributed by atoms with Crippen LogP contribution >= 0.6 is 0 Å². The first kappa shape index (κ1) is 14.5. The van der Waals surface area contributed by atoms with Gasteiger partial charge in [0.15, 0.2) is 23.4 Å². The van der Waals surface area contributed by atoms with Gasteiger partial charge in [-0.25, -0.2) is 0 Å². The molecule has 1 N–H and O–H groups in total. The summed E-state index contributed by atoms with van der Waals surface area (Å²) in [4.78, 5) is 14.9. The van der Waals surface area contributed by atoms with Gasteiger partial charge in [-0.1, -0.05) is 13.0 Å². The molecule has 1 fully saturated rings. The maximum atomic E-state index is 12.7. The number of carbonyl (C=O) groups excluding carboxylic acids is 1. The highest BCUT2D eigenvalue weighted by Crippen LogP contribution is 2.65. The number of ether oxygens (including phenoxy) is 2. The van der Waals surface area contributed by atoms with Gasteiger partial charge in [-0.15, -0.1) is 0 Å². The van der Waals surface area contributed by atoms with Crippen molar-refractivity contribution in [1.29, 1.82) is 0 Å². The molecule has 5 nitrogen and oxygen atoms in total. The predicted octanol–water partition coefficient (Wildman–Crippen LogP) is 1.07. The van der Waals surface area contributed by atoms with Crippen LogP contribution in [0.4, 0.5) is 0 Å². The van der Waals surface area contributed by atoms with Crippen LogP contribution in [0, 0.1) is 5.92 Å². The van der Waals surface area contributed by atoms with Gasteiger partial charge in [-0.2, -0.15) is 0 Å². The lowest BCUT2D eigenvalue weighted by Crippen LogP contribution is -2.77. The number of aliphatic hydroxyl groups is 1. The van der Waals surface area contributed by atoms with E-state index in [4.69, 9.17) is 9.47 Å². The van der Waals surface area contributed by atoms with E-state index in [-0.39, 0.29) is 17.7 Å². The van der Waals surface area contributed by atoms with E-state index in [0.29, 0.717) is 11.5 Å². The van der Waals surface area contributed by atoms with Gasteiger partial charge in [0.05, 0.1) is 12.5 Å². The van der Waals surface area contributed by atoms with Crippen LogP contribution in [0.3, 0.4) is 0 Å². The van der Waals surface area contributed by atoms with Crippen LogP contribution in [0.5, 0.6) is 11.5 Å². The molecule has 0 aromatic heterocycles. The Balaban J connectivity index is 1.92. The van der Waals surface area contributed by atoms with Crippen LogP contribution < -0.4 is 9.47 Å². The van der Waals surface area contributed by atoms with Crippen LogP contribution in [-0.2, 0) is 16.6 Å². The molecule has 0 saturated carbocycles. The summed E-state index contributed by atoms with van der Waals surface area (Å²) in [5.41, 5.74) is 0.309. The largest absolute Gasteiger partial charge is 0.493 e. The summed E-state index contributed by atoms with van der Waals surface area (Å²) in [5.74, 6) is 1.29. The zero-order valence-electron chi connectivity index (χ0n) is 14.1. The average molecular weight is 327 g/mol. The normalized spacial score (nSPS) is 41.8. The predicted molar refractivity (Wildman–Crippen MR) is 87.5 cm³/mol. The fraction of sp³-hybridized carbons (Fsp3) is 0.526. The number of piperidine rings is 1. The Labute approximate surface area is 140 Å². The summed E-state index contributed by atoms with van der Waals surface area (Å²) in [6.07, 6.45) is 3.29. The molecule has 5 atom stereocenters. The Hall–Kier alpha value is -1.85. The Morgan fingerprint density at radius 3 is 2.96 bits per heavy atom. The molecule has 0 amide bonds. The summed E-state index contributed by atoms with van der Waals surface area (Å²) in [5, 5.41) is 11.8. The fourth-order valence-electron chi connectivity index (χ4n) is 5.82. The SMILES string of the molecule is COc1ccc2c3c1O[C@H]1C(=O)C=C[C@@]4(O)C(C2)N(C)CC(C)[C@]314. The summed E-state index contributed by atoms with van der Waals surface area (Å²) in [7, 11) is 3.66. The maximum absolute atomic E-state index is 12.7. The molecule has 1 saturated heterocycles. The minimum absolute atomic E-state index is 0.0593. The van der Waals surface area contributed by atoms with Gasteiger partial charge < -0.3 is 14.6 Å². The smallest absolute Gasteiger partial charge is 0.197 e. The molecule has 4 aliphatic rings. The molecule has 5 heteroatoms. The first-order valence-electron chi connectivity index (χ1n) is 8.48. The van der Waals surface area contributed by atoms with Crippen molar-refractivity contribution in [3.05, 3.63) is 35.4 Å². The quantitative estimate of drug-likeness (QED) is 0.836. The zero-order chi connectivity index (χ0) is 16.9. The third-order valence-electron chi connectivity index (χ3n) is 6.71. The number of ketones is 1. The Kier molecular flexibility index (Phi) is 2.54. The number of hydrogen-bond acceptors (Lipinski definition) is 5. The second-order valence-corrected chi connectivity index (χ2v) is 7.62. The second-order valence-electron chi connectivity index (χ2n) is 7.62. The average Bonchev–Trinajstić information content (AvgIpc) is 2.93. The standard InChI is InChI=1S/C19H21NO4/c1-10-9-20(2)14-8-11-4-5-13(23-3)16-15(11)19(10)17(24-16)12(21)6-7-18(14,19)22/h4-7,10,14,17,22H,8-9H2,1-3H3/t10?,14?,17-,18+,19-/m0/s1. The third kappa shape index (κ3) is 1.27. The monoisotopic (exact) mass is 327 g/mol. The Morgan fingerprint density at radius 2 is 2.21 bits per heavy atom. The van der Waals surface area contributed by atoms with Crippen LogP contribution in [0.25, 0.3) is 0 Å². The first-order chi connectivity index (χ1) is 11.4. The van der Waals surface area contributed by atoms with Crippen molar-refractivity contribution in [1.82, 2.24) is 4.90 Å². The van der Waals surface area contributed by atoms with Gasteiger partial charge in [0.1, 0.15) is 5.60 Å². The number of rotatable bonds is 1. The second kappa shape index (κ2) is 4.21. The fourth-order valence-corrected chi connectivity index (χ4v) is 5.82. The maximum Gasteiger partial charge on any atom is 0.197 e. The molecular formula is C19H21NO4. The van der Waals surface area contributed by atoms with E-state index in [0.717, 1.165) is 24.1 Å². The zero-order valence-corrected chi connectivity index (χ0v) is 14.1. The Morgan fingerprint density at radius 1 is 1.42 bits per heavy atom. The van der Waals surface area contributed by atoms with E-state index in [9.17, 15) is 9.90 Å². The highest BCUT2D eigenvalue weighted by molar-refractivity contribution is 5.99. The van der Waals surface area contributed by atoms with Crippen molar-refractivity contribution in [2.45, 2.75) is 36.5 Å². The minimum Gasteiger partial charge on any atom is -0.493 e. The van der Waals surface area contributed by atoms with E-state index < -0.39 is 17.1 Å². The van der Waals surface area contributed by atoms with Crippen molar-refractivity contribution >= 4 is 5.78 Å². The molecule has 24 heavy (non-hydrogen) atoms. The summed E-state index contributed by atoms with van der Waals surface area (Å²) in [6.45, 7) is 2.94. The molecule has 2 aliphatic heterocycles. The van der Waals surface area contributed by atoms with Crippen molar-refractivity contribution in [2.24, 2.45) is 5.92 Å². The molecule has 2 bridgehead atoms. The van der Waals surface area contributed by atoms with E-state index in [1.54, 1.807) is 13.2 Å². The topological polar surface area (TPSA) is 59.0 Å². The van der Waals surface area contributed by atoms with E-state index in [2.05, 4.69) is 24.9 Å². The van der Waals surface area contributed by atoms with Crippen molar-refractivity contribution < 1.29 is 19.4 Å². The molecule has 5 rings (SSSR count). The van der Waals surface area contributed by atoms with Crippen molar-refractivity contribution in [3.63, 3.8) is 0 Å². The van der Waals surface area contributed by atoms with E-state index >= 15 is 0 Å². The van der Waals surface area contributed by atoms with Gasteiger partial charge in [0.2, 0.25) is 0 Å². The highest BCUT2D eigenvalue weighted by atomic mass is 16.5. The number of benzene rings is 1. The Bertz CT molecular complexity index is 803. The lowest BCUT2D eigenvalue weighted by Gasteiger charge is -2.62. The van der Waals surface area contributed by atoms with Crippen LogP contribution in [0.1, 0.15) is 18.1 Å². The van der Waals surface area contributed by atoms with E-state index in [1.165, 1.54) is 6.08 Å². The van der Waals surface area contributed by atoms with Gasteiger partial charge in [-0.3, -0.25) is 9.69 Å². The molecule has 2 unspecified atom stereocenters. The third-order valence-corrected chi connectivity index (χ3v) is 6.71. The van der Waals surface area contributed by atoms with Crippen molar-refractivity contribution in [2.75, 3.05) is 20.7 Å². The van der Waals surface area contributed by atoms with E-state index in [1.807, 2.05) is 6.07 Å². The number of nitrogens with zero attached hydrogens (tertiary/aromatic N) is 1. The van der Waals surface area contributed by atoms with Crippen LogP contribution in [-0.4, -0.2) is 54.2 Å². The van der Waals surface area contributed by atoms with Gasteiger partial charge in [0.25, 0.3) is 0 Å². The number of carbonyl (C=O) groups is 1. The molecule has 2 aliphatic carbocycles. The lowest BCUT2D eigenvalue weighted by molar-refractivity contribution is -0.166. The van der Waals surface area contributed by atoms with Crippen LogP contribution in [0.2, 0.25) is 0 Å². The summed E-state index contributed by atoms with van der Waals surface area (Å²) >= 11 is 0. The van der Waals surface area contributed by atoms with Crippen molar-refractivity contribution in [3.8, 4) is 11.5 Å². The van der Waals surface area contributed by atoms with Gasteiger partial charge in [-0.05, 0) is 43.2 Å². The highest BCUT2D eigenvalue weighted by Gasteiger charge is 2.74. The molecule has 1 spiro atoms. The molecule has 1 aromatic rings. The molecule has 1 aromatic carbocycles. The summed E-state index contributed by atoms with van der Waals surface area (Å²) in [6, 6.07) is 3.91.